The lowest BCUT2D eigenvalue weighted by molar-refractivity contribution is 0.102. The van der Waals surface area contributed by atoms with Crippen molar-refractivity contribution in [2.45, 2.75) is 0 Å². The van der Waals surface area contributed by atoms with Crippen molar-refractivity contribution in [2.75, 3.05) is 11.1 Å². The maximum Gasteiger partial charge on any atom is 0.274 e. The van der Waals surface area contributed by atoms with Crippen LogP contribution in [0, 0.1) is 0 Å². The van der Waals surface area contributed by atoms with Crippen LogP contribution in [0.25, 0.3) is 5.52 Å². The minimum atomic E-state index is -0.241. The highest BCUT2D eigenvalue weighted by Crippen LogP contribution is 2.22. The van der Waals surface area contributed by atoms with Crippen LogP contribution >= 0.6 is 15.9 Å². The molecule has 0 unspecified atom stereocenters. The maximum absolute atomic E-state index is 12.3. The molecule has 6 heteroatoms. The summed E-state index contributed by atoms with van der Waals surface area (Å²) in [6.07, 6.45) is 0. The van der Waals surface area contributed by atoms with E-state index in [2.05, 4.69) is 26.3 Å². The molecule has 0 saturated heterocycles. The van der Waals surface area contributed by atoms with Gasteiger partial charge in [0.1, 0.15) is 11.5 Å². The molecule has 0 aliphatic heterocycles. The molecule has 2 heterocycles. The number of halogens is 1. The number of amides is 1. The van der Waals surface area contributed by atoms with E-state index in [0.29, 0.717) is 17.2 Å². The Morgan fingerprint density at radius 3 is 2.70 bits per heavy atom. The number of nitrogen functional groups attached to an aromatic ring is 1. The number of fused-ring (bicyclic) bond motifs is 1. The van der Waals surface area contributed by atoms with Gasteiger partial charge in [0, 0.05) is 4.47 Å². The van der Waals surface area contributed by atoms with Crippen LogP contribution in [0.5, 0.6) is 0 Å². The molecule has 0 aliphatic carbocycles. The van der Waals surface area contributed by atoms with Gasteiger partial charge in [0.25, 0.3) is 5.91 Å². The summed E-state index contributed by atoms with van der Waals surface area (Å²) in [6, 6.07) is 14.5. The highest BCUT2D eigenvalue weighted by atomic mass is 79.9. The van der Waals surface area contributed by atoms with Crippen LogP contribution in [-0.4, -0.2) is 15.5 Å². The molecule has 1 aromatic carbocycles. The predicted molar refractivity (Wildman–Crippen MR) is 81.7 cm³/mol. The van der Waals surface area contributed by atoms with Gasteiger partial charge in [-0.1, -0.05) is 12.1 Å². The summed E-state index contributed by atoms with van der Waals surface area (Å²) in [5.74, 6) is 0.124. The van der Waals surface area contributed by atoms with E-state index in [1.165, 1.54) is 4.52 Å². The van der Waals surface area contributed by atoms with Crippen molar-refractivity contribution in [3.63, 3.8) is 0 Å². The number of anilines is 2. The van der Waals surface area contributed by atoms with Gasteiger partial charge in [0.2, 0.25) is 0 Å². The number of carbonyl (C=O) groups excluding carboxylic acids is 1. The van der Waals surface area contributed by atoms with Crippen LogP contribution in [0.3, 0.4) is 0 Å². The second kappa shape index (κ2) is 4.97. The van der Waals surface area contributed by atoms with Crippen molar-refractivity contribution < 1.29 is 4.79 Å². The number of nitrogens with one attached hydrogen (secondary N) is 1. The summed E-state index contributed by atoms with van der Waals surface area (Å²) in [6.45, 7) is 0. The van der Waals surface area contributed by atoms with Crippen molar-refractivity contribution in [3.05, 3.63) is 58.7 Å². The highest BCUT2D eigenvalue weighted by Gasteiger charge is 2.13. The number of benzene rings is 1. The van der Waals surface area contributed by atoms with Crippen molar-refractivity contribution in [1.29, 1.82) is 0 Å². The standard InChI is InChI=1S/C14H11BrN4O/c15-10-3-1-2-4-11(10)17-14(20)12-7-5-9-6-8-13(16)18-19(9)12/h1-8H,(H2,16,18)(H,17,20). The Kier molecular flexibility index (Phi) is 3.15. The van der Waals surface area contributed by atoms with Gasteiger partial charge >= 0.3 is 0 Å². The second-order valence-electron chi connectivity index (χ2n) is 4.25. The first-order valence-corrected chi connectivity index (χ1v) is 6.74. The van der Waals surface area contributed by atoms with Gasteiger partial charge in [-0.3, -0.25) is 4.79 Å². The fourth-order valence-electron chi connectivity index (χ4n) is 1.92. The number of carbonyl (C=O) groups is 1. The lowest BCUT2D eigenvalue weighted by atomic mass is 10.3. The summed E-state index contributed by atoms with van der Waals surface area (Å²) >= 11 is 3.39. The molecule has 0 spiro atoms. The molecule has 2 aromatic heterocycles. The number of hydrogen-bond acceptors (Lipinski definition) is 3. The zero-order chi connectivity index (χ0) is 14.1. The molecule has 0 aliphatic rings. The summed E-state index contributed by atoms with van der Waals surface area (Å²) in [5, 5.41) is 6.98. The third kappa shape index (κ3) is 2.25. The van der Waals surface area contributed by atoms with E-state index >= 15 is 0 Å². The van der Waals surface area contributed by atoms with Crippen molar-refractivity contribution >= 4 is 38.9 Å². The van der Waals surface area contributed by atoms with Crippen LogP contribution < -0.4 is 11.1 Å². The van der Waals surface area contributed by atoms with E-state index in [4.69, 9.17) is 5.73 Å². The van der Waals surface area contributed by atoms with Crippen LogP contribution in [-0.2, 0) is 0 Å². The SMILES string of the molecule is Nc1ccc2ccc(C(=O)Nc3ccccc3Br)n2n1. The average molecular weight is 331 g/mol. The summed E-state index contributed by atoms with van der Waals surface area (Å²) in [7, 11) is 0. The Morgan fingerprint density at radius 2 is 1.90 bits per heavy atom. The number of para-hydroxylation sites is 1. The van der Waals surface area contributed by atoms with Crippen LogP contribution in [0.1, 0.15) is 10.5 Å². The number of nitrogens with two attached hydrogens (primary N) is 1. The molecule has 0 fully saturated rings. The lowest BCUT2D eigenvalue weighted by Gasteiger charge is -2.07. The van der Waals surface area contributed by atoms with Crippen LogP contribution in [0.2, 0.25) is 0 Å². The summed E-state index contributed by atoms with van der Waals surface area (Å²) in [4.78, 5) is 12.3. The lowest BCUT2D eigenvalue weighted by Crippen LogP contribution is -2.16. The Balaban J connectivity index is 1.97. The molecule has 0 saturated carbocycles. The van der Waals surface area contributed by atoms with Gasteiger partial charge in [-0.25, -0.2) is 4.52 Å². The molecule has 3 aromatic rings. The Bertz CT molecular complexity index is 797. The first-order valence-electron chi connectivity index (χ1n) is 5.95. The van der Waals surface area contributed by atoms with Crippen molar-refractivity contribution in [2.24, 2.45) is 0 Å². The Hall–Kier alpha value is -2.34. The van der Waals surface area contributed by atoms with E-state index in [0.717, 1.165) is 9.99 Å². The maximum atomic E-state index is 12.3. The monoisotopic (exact) mass is 330 g/mol. The van der Waals surface area contributed by atoms with Gasteiger partial charge in [0.15, 0.2) is 0 Å². The van der Waals surface area contributed by atoms with Crippen LogP contribution in [0.4, 0.5) is 11.5 Å². The quantitative estimate of drug-likeness (QED) is 0.758. The van der Waals surface area contributed by atoms with E-state index in [1.54, 1.807) is 12.1 Å². The molecular formula is C14H11BrN4O. The fourth-order valence-corrected chi connectivity index (χ4v) is 2.31. The van der Waals surface area contributed by atoms with Gasteiger partial charge in [0.05, 0.1) is 11.2 Å². The smallest absolute Gasteiger partial charge is 0.274 e. The molecule has 3 rings (SSSR count). The first kappa shape index (κ1) is 12.7. The predicted octanol–water partition coefficient (Wildman–Crippen LogP) is 2.93. The molecule has 1 amide bonds. The largest absolute Gasteiger partial charge is 0.382 e. The number of nitrogens with zero attached hydrogens (tertiary/aromatic N) is 2. The number of aromatic nitrogens is 2. The minimum absolute atomic E-state index is 0.241. The third-order valence-electron chi connectivity index (χ3n) is 2.88. The van der Waals surface area contributed by atoms with E-state index in [-0.39, 0.29) is 5.91 Å². The Morgan fingerprint density at radius 1 is 1.15 bits per heavy atom. The zero-order valence-corrected chi connectivity index (χ0v) is 12.0. The van der Waals surface area contributed by atoms with Gasteiger partial charge in [-0.2, -0.15) is 5.10 Å². The molecule has 0 atom stereocenters. The average Bonchev–Trinajstić information content (AvgIpc) is 2.84. The molecule has 20 heavy (non-hydrogen) atoms. The number of rotatable bonds is 2. The molecular weight excluding hydrogens is 320 g/mol. The van der Waals surface area contributed by atoms with Crippen molar-refractivity contribution in [1.82, 2.24) is 9.61 Å². The van der Waals surface area contributed by atoms with E-state index < -0.39 is 0 Å². The Labute approximate surface area is 123 Å². The van der Waals surface area contributed by atoms with Gasteiger partial charge in [-0.05, 0) is 52.3 Å². The molecule has 5 nitrogen and oxygen atoms in total. The first-order chi connectivity index (χ1) is 9.65. The topological polar surface area (TPSA) is 72.4 Å². The van der Waals surface area contributed by atoms with Crippen molar-refractivity contribution in [3.8, 4) is 0 Å². The van der Waals surface area contributed by atoms with Gasteiger partial charge < -0.3 is 11.1 Å². The molecule has 100 valence electrons. The van der Waals surface area contributed by atoms with E-state index in [1.807, 2.05) is 36.4 Å². The third-order valence-corrected chi connectivity index (χ3v) is 3.57. The second-order valence-corrected chi connectivity index (χ2v) is 5.10. The molecule has 3 N–H and O–H groups in total. The summed E-state index contributed by atoms with van der Waals surface area (Å²) < 4.78 is 2.35. The number of hydrogen-bond donors (Lipinski definition) is 2. The minimum Gasteiger partial charge on any atom is -0.382 e. The van der Waals surface area contributed by atoms with Gasteiger partial charge in [-0.15, -0.1) is 0 Å². The fraction of sp³-hybridized carbons (Fsp3) is 0. The molecule has 0 bridgehead atoms. The van der Waals surface area contributed by atoms with E-state index in [9.17, 15) is 4.79 Å². The highest BCUT2D eigenvalue weighted by molar-refractivity contribution is 9.10. The molecule has 0 radical (unpaired) electrons. The summed E-state index contributed by atoms with van der Waals surface area (Å²) in [5.41, 5.74) is 7.61. The normalized spacial score (nSPS) is 10.7. The van der Waals surface area contributed by atoms with Crippen LogP contribution in [0.15, 0.2) is 53.0 Å². The zero-order valence-electron chi connectivity index (χ0n) is 10.4.